The lowest BCUT2D eigenvalue weighted by Crippen LogP contribution is -2.44. The van der Waals surface area contributed by atoms with Crippen LogP contribution >= 0.6 is 0 Å². The quantitative estimate of drug-likeness (QED) is 0.711. The number of Topliss-reactive ketones (excluding diaryl/α,β-unsaturated/α-hetero) is 1. The Labute approximate surface area is 78.0 Å². The monoisotopic (exact) mass is 178 g/mol. The maximum atomic E-state index is 11.7. The summed E-state index contributed by atoms with van der Waals surface area (Å²) >= 11 is 0. The molecule has 0 aliphatic carbocycles. The average Bonchev–Trinajstić information content (AvgIpc) is 2.18. The zero-order valence-corrected chi connectivity index (χ0v) is 7.95. The first-order valence-electron chi connectivity index (χ1n) is 4.31. The molecule has 0 saturated heterocycles. The number of rotatable bonds is 3. The Morgan fingerprint density at radius 3 is 2.85 bits per heavy atom. The number of nitrogens with two attached hydrogens (primary N) is 1. The van der Waals surface area contributed by atoms with Crippen LogP contribution in [0.25, 0.3) is 0 Å². The molecule has 0 radical (unpaired) electrons. The number of carbonyl (C=O) groups excluding carboxylic acids is 1. The molecule has 0 aliphatic rings. The van der Waals surface area contributed by atoms with E-state index >= 15 is 0 Å². The molecule has 70 valence electrons. The lowest BCUT2D eigenvalue weighted by molar-refractivity contribution is 0.0897. The van der Waals surface area contributed by atoms with E-state index in [1.54, 1.807) is 31.5 Å². The van der Waals surface area contributed by atoms with Crippen LogP contribution < -0.4 is 5.73 Å². The highest BCUT2D eigenvalue weighted by Crippen LogP contribution is 2.12. The number of carbonyl (C=O) groups is 1. The molecule has 13 heavy (non-hydrogen) atoms. The van der Waals surface area contributed by atoms with Crippen LogP contribution in [0.5, 0.6) is 0 Å². The van der Waals surface area contributed by atoms with Crippen LogP contribution in [0.15, 0.2) is 24.5 Å². The summed E-state index contributed by atoms with van der Waals surface area (Å²) in [6.45, 7) is 3.64. The van der Waals surface area contributed by atoms with Gasteiger partial charge in [0.25, 0.3) is 0 Å². The molecule has 1 unspecified atom stereocenters. The molecular weight excluding hydrogens is 164 g/mol. The van der Waals surface area contributed by atoms with E-state index in [1.165, 1.54) is 0 Å². The fraction of sp³-hybridized carbons (Fsp3) is 0.400. The normalized spacial score (nSPS) is 15.0. The van der Waals surface area contributed by atoms with E-state index in [-0.39, 0.29) is 5.78 Å². The third kappa shape index (κ3) is 2.12. The molecule has 0 spiro atoms. The van der Waals surface area contributed by atoms with Crippen molar-refractivity contribution in [3.63, 3.8) is 0 Å². The second-order valence-electron chi connectivity index (χ2n) is 3.34. The van der Waals surface area contributed by atoms with E-state index in [0.29, 0.717) is 12.0 Å². The summed E-state index contributed by atoms with van der Waals surface area (Å²) in [5, 5.41) is 0. The second kappa shape index (κ2) is 3.66. The van der Waals surface area contributed by atoms with Crippen molar-refractivity contribution >= 4 is 5.78 Å². The third-order valence-electron chi connectivity index (χ3n) is 2.18. The van der Waals surface area contributed by atoms with Gasteiger partial charge in [-0.25, -0.2) is 0 Å². The zero-order chi connectivity index (χ0) is 9.90. The van der Waals surface area contributed by atoms with Gasteiger partial charge in [0.15, 0.2) is 5.78 Å². The Morgan fingerprint density at radius 2 is 2.38 bits per heavy atom. The first-order valence-corrected chi connectivity index (χ1v) is 4.31. The summed E-state index contributed by atoms with van der Waals surface area (Å²) in [6, 6.07) is 3.47. The molecular formula is C10H14N2O. The van der Waals surface area contributed by atoms with E-state index in [4.69, 9.17) is 5.73 Å². The Bertz CT molecular complexity index is 293. The van der Waals surface area contributed by atoms with Gasteiger partial charge in [0, 0.05) is 18.0 Å². The van der Waals surface area contributed by atoms with Gasteiger partial charge in [-0.05, 0) is 25.5 Å². The summed E-state index contributed by atoms with van der Waals surface area (Å²) in [5.41, 5.74) is 5.62. The van der Waals surface area contributed by atoms with Gasteiger partial charge in [-0.1, -0.05) is 6.92 Å². The molecule has 0 aliphatic heterocycles. The third-order valence-corrected chi connectivity index (χ3v) is 2.18. The summed E-state index contributed by atoms with van der Waals surface area (Å²) in [7, 11) is 0. The van der Waals surface area contributed by atoms with Gasteiger partial charge in [0.1, 0.15) is 0 Å². The van der Waals surface area contributed by atoms with Gasteiger partial charge in [-0.15, -0.1) is 0 Å². The maximum absolute atomic E-state index is 11.7. The van der Waals surface area contributed by atoms with E-state index in [1.807, 2.05) is 6.92 Å². The highest BCUT2D eigenvalue weighted by Gasteiger charge is 2.26. The molecule has 3 nitrogen and oxygen atoms in total. The minimum absolute atomic E-state index is 0.0527. The first-order chi connectivity index (χ1) is 6.08. The molecule has 0 saturated carbocycles. The highest BCUT2D eigenvalue weighted by atomic mass is 16.1. The van der Waals surface area contributed by atoms with Crippen molar-refractivity contribution in [3.8, 4) is 0 Å². The first kappa shape index (κ1) is 9.86. The van der Waals surface area contributed by atoms with Crippen LogP contribution in [-0.2, 0) is 0 Å². The second-order valence-corrected chi connectivity index (χ2v) is 3.34. The Kier molecular flexibility index (Phi) is 2.78. The number of ketones is 1. The smallest absolute Gasteiger partial charge is 0.183 e. The van der Waals surface area contributed by atoms with E-state index in [2.05, 4.69) is 4.98 Å². The topological polar surface area (TPSA) is 56.0 Å². The van der Waals surface area contributed by atoms with Gasteiger partial charge >= 0.3 is 0 Å². The molecule has 2 N–H and O–H groups in total. The minimum atomic E-state index is -0.775. The predicted molar refractivity (Wildman–Crippen MR) is 51.5 cm³/mol. The summed E-state index contributed by atoms with van der Waals surface area (Å²) < 4.78 is 0. The number of hydrogen-bond donors (Lipinski definition) is 1. The van der Waals surface area contributed by atoms with Gasteiger partial charge < -0.3 is 5.73 Å². The van der Waals surface area contributed by atoms with Crippen molar-refractivity contribution in [2.45, 2.75) is 25.8 Å². The standard InChI is InChI=1S/C10H14N2O/c1-3-10(2,11)9(13)8-5-4-6-12-7-8/h4-7H,3,11H2,1-2H3. The molecule has 1 atom stereocenters. The zero-order valence-electron chi connectivity index (χ0n) is 7.95. The summed E-state index contributed by atoms with van der Waals surface area (Å²) in [6.07, 6.45) is 3.81. The van der Waals surface area contributed by atoms with E-state index < -0.39 is 5.54 Å². The Morgan fingerprint density at radius 1 is 1.69 bits per heavy atom. The molecule has 3 heteroatoms. The maximum Gasteiger partial charge on any atom is 0.183 e. The molecule has 0 amide bonds. The van der Waals surface area contributed by atoms with E-state index in [0.717, 1.165) is 0 Å². The van der Waals surface area contributed by atoms with Crippen LogP contribution in [0.4, 0.5) is 0 Å². The van der Waals surface area contributed by atoms with Crippen LogP contribution in [-0.4, -0.2) is 16.3 Å². The van der Waals surface area contributed by atoms with E-state index in [9.17, 15) is 4.79 Å². The molecule has 0 aromatic carbocycles. The number of aromatic nitrogens is 1. The van der Waals surface area contributed by atoms with Gasteiger partial charge in [0.05, 0.1) is 5.54 Å². The van der Waals surface area contributed by atoms with Crippen LogP contribution in [0.3, 0.4) is 0 Å². The largest absolute Gasteiger partial charge is 0.319 e. The fourth-order valence-electron chi connectivity index (χ4n) is 0.987. The minimum Gasteiger partial charge on any atom is -0.319 e. The van der Waals surface area contributed by atoms with Crippen LogP contribution in [0, 0.1) is 0 Å². The molecule has 0 bridgehead atoms. The molecule has 1 aromatic rings. The van der Waals surface area contributed by atoms with Crippen molar-refractivity contribution in [3.05, 3.63) is 30.1 Å². The summed E-state index contributed by atoms with van der Waals surface area (Å²) in [5.74, 6) is -0.0527. The molecule has 1 rings (SSSR count). The lowest BCUT2D eigenvalue weighted by Gasteiger charge is -2.20. The highest BCUT2D eigenvalue weighted by molar-refractivity contribution is 6.02. The molecule has 0 fully saturated rings. The molecule has 1 aromatic heterocycles. The van der Waals surface area contributed by atoms with Crippen molar-refractivity contribution in [1.29, 1.82) is 0 Å². The summed E-state index contributed by atoms with van der Waals surface area (Å²) in [4.78, 5) is 15.6. The molecule has 1 heterocycles. The SMILES string of the molecule is CCC(C)(N)C(=O)c1cccnc1. The Hall–Kier alpha value is -1.22. The van der Waals surface area contributed by atoms with Crippen molar-refractivity contribution in [2.75, 3.05) is 0 Å². The van der Waals surface area contributed by atoms with Crippen LogP contribution in [0.2, 0.25) is 0 Å². The number of nitrogens with zero attached hydrogens (tertiary/aromatic N) is 1. The van der Waals surface area contributed by atoms with Gasteiger partial charge in [-0.2, -0.15) is 0 Å². The van der Waals surface area contributed by atoms with Crippen molar-refractivity contribution in [2.24, 2.45) is 5.73 Å². The van der Waals surface area contributed by atoms with Crippen molar-refractivity contribution < 1.29 is 4.79 Å². The number of pyridine rings is 1. The lowest BCUT2D eigenvalue weighted by atomic mass is 9.91. The van der Waals surface area contributed by atoms with Gasteiger partial charge in [-0.3, -0.25) is 9.78 Å². The Balaban J connectivity index is 2.93. The average molecular weight is 178 g/mol. The van der Waals surface area contributed by atoms with Gasteiger partial charge in [0.2, 0.25) is 0 Å². The number of hydrogen-bond acceptors (Lipinski definition) is 3. The fourth-order valence-corrected chi connectivity index (χ4v) is 0.987. The van der Waals surface area contributed by atoms with Crippen molar-refractivity contribution in [1.82, 2.24) is 4.98 Å². The van der Waals surface area contributed by atoms with Crippen LogP contribution in [0.1, 0.15) is 30.6 Å². The predicted octanol–water partition coefficient (Wildman–Crippen LogP) is 1.39.